The number of thioether (sulfide) groups is 1. The number of carbonyl (C=O) groups excluding carboxylic acids is 1. The van der Waals surface area contributed by atoms with Crippen molar-refractivity contribution in [2.24, 2.45) is 0 Å². The van der Waals surface area contributed by atoms with Gasteiger partial charge in [-0.05, 0) is 53.0 Å². The molecule has 1 fully saturated rings. The van der Waals surface area contributed by atoms with E-state index >= 15 is 0 Å². The molecule has 124 valence electrons. The fourth-order valence-electron chi connectivity index (χ4n) is 2.45. The molecule has 6 heteroatoms. The largest absolute Gasteiger partial charge is 0.351 e. The van der Waals surface area contributed by atoms with E-state index in [2.05, 4.69) is 19.2 Å². The van der Waals surface area contributed by atoms with Crippen LogP contribution in [0.25, 0.3) is 10.2 Å². The zero-order valence-electron chi connectivity index (χ0n) is 14.3. The van der Waals surface area contributed by atoms with Gasteiger partial charge in [-0.2, -0.15) is 0 Å². The Kier molecular flexibility index (Phi) is 4.40. The van der Waals surface area contributed by atoms with Crippen LogP contribution < -0.4 is 5.32 Å². The Labute approximate surface area is 145 Å². The highest BCUT2D eigenvalue weighted by atomic mass is 32.2. The molecule has 1 saturated carbocycles. The van der Waals surface area contributed by atoms with Crippen LogP contribution in [0, 0.1) is 13.8 Å². The SMILES string of the molecule is Cc1sc2nc(C3CC3)nc(SCC(=O)NC(C)(C)C)c2c1C. The van der Waals surface area contributed by atoms with Crippen LogP contribution in [0.1, 0.15) is 55.8 Å². The molecule has 1 aliphatic rings. The fourth-order valence-corrected chi connectivity index (χ4v) is 4.44. The first-order valence-corrected chi connectivity index (χ1v) is 9.76. The molecule has 2 heterocycles. The van der Waals surface area contributed by atoms with Crippen LogP contribution in [0.4, 0.5) is 0 Å². The minimum Gasteiger partial charge on any atom is -0.351 e. The topological polar surface area (TPSA) is 54.9 Å². The molecule has 0 unspecified atom stereocenters. The van der Waals surface area contributed by atoms with Crippen molar-refractivity contribution in [1.82, 2.24) is 15.3 Å². The Hall–Kier alpha value is -1.14. The molecule has 1 N–H and O–H groups in total. The highest BCUT2D eigenvalue weighted by molar-refractivity contribution is 8.00. The molecular weight excluding hydrogens is 326 g/mol. The van der Waals surface area contributed by atoms with Crippen molar-refractivity contribution in [1.29, 1.82) is 0 Å². The monoisotopic (exact) mass is 349 g/mol. The summed E-state index contributed by atoms with van der Waals surface area (Å²) in [7, 11) is 0. The Balaban J connectivity index is 1.87. The number of aryl methyl sites for hydroxylation is 2. The van der Waals surface area contributed by atoms with E-state index in [1.165, 1.54) is 35.0 Å². The fraction of sp³-hybridized carbons (Fsp3) is 0.588. The maximum atomic E-state index is 12.1. The van der Waals surface area contributed by atoms with Crippen LogP contribution in [0.3, 0.4) is 0 Å². The molecule has 0 radical (unpaired) electrons. The molecule has 4 nitrogen and oxygen atoms in total. The van der Waals surface area contributed by atoms with E-state index in [9.17, 15) is 4.79 Å². The second-order valence-electron chi connectivity index (χ2n) is 7.21. The van der Waals surface area contributed by atoms with Gasteiger partial charge in [0.05, 0.1) is 5.75 Å². The summed E-state index contributed by atoms with van der Waals surface area (Å²) in [6, 6.07) is 0. The first-order chi connectivity index (χ1) is 10.7. The number of hydrogen-bond donors (Lipinski definition) is 1. The lowest BCUT2D eigenvalue weighted by atomic mass is 10.1. The third-order valence-corrected chi connectivity index (χ3v) is 5.89. The van der Waals surface area contributed by atoms with E-state index in [-0.39, 0.29) is 11.4 Å². The number of amides is 1. The van der Waals surface area contributed by atoms with Crippen LogP contribution in [-0.2, 0) is 4.79 Å². The molecule has 2 aromatic heterocycles. The second-order valence-corrected chi connectivity index (χ2v) is 9.38. The molecular formula is C17H23N3OS2. The average molecular weight is 350 g/mol. The van der Waals surface area contributed by atoms with Gasteiger partial charge in [0.25, 0.3) is 0 Å². The average Bonchev–Trinajstić information content (AvgIpc) is 3.22. The van der Waals surface area contributed by atoms with Crippen molar-refractivity contribution in [2.45, 2.75) is 63.9 Å². The van der Waals surface area contributed by atoms with Gasteiger partial charge in [0.2, 0.25) is 5.91 Å². The maximum absolute atomic E-state index is 12.1. The van der Waals surface area contributed by atoms with E-state index in [0.29, 0.717) is 11.7 Å². The van der Waals surface area contributed by atoms with E-state index in [1.54, 1.807) is 11.3 Å². The van der Waals surface area contributed by atoms with Crippen molar-refractivity contribution in [3.63, 3.8) is 0 Å². The summed E-state index contributed by atoms with van der Waals surface area (Å²) in [5.74, 6) is 1.91. The quantitative estimate of drug-likeness (QED) is 0.664. The van der Waals surface area contributed by atoms with Crippen LogP contribution in [0.15, 0.2) is 5.03 Å². The summed E-state index contributed by atoms with van der Waals surface area (Å²) in [6.45, 7) is 10.2. The summed E-state index contributed by atoms with van der Waals surface area (Å²) in [5, 5.41) is 5.10. The van der Waals surface area contributed by atoms with Gasteiger partial charge in [0, 0.05) is 21.7 Å². The minimum absolute atomic E-state index is 0.0480. The first-order valence-electron chi connectivity index (χ1n) is 7.96. The van der Waals surface area contributed by atoms with Gasteiger partial charge in [-0.15, -0.1) is 11.3 Å². The molecule has 23 heavy (non-hydrogen) atoms. The Morgan fingerprint density at radius 1 is 1.30 bits per heavy atom. The van der Waals surface area contributed by atoms with Crippen molar-refractivity contribution in [3.05, 3.63) is 16.3 Å². The van der Waals surface area contributed by atoms with Gasteiger partial charge in [-0.3, -0.25) is 4.79 Å². The lowest BCUT2D eigenvalue weighted by Gasteiger charge is -2.20. The minimum atomic E-state index is -0.202. The molecule has 1 amide bonds. The van der Waals surface area contributed by atoms with Crippen LogP contribution >= 0.6 is 23.1 Å². The molecule has 3 rings (SSSR count). The smallest absolute Gasteiger partial charge is 0.230 e. The van der Waals surface area contributed by atoms with E-state index in [4.69, 9.17) is 9.97 Å². The second kappa shape index (κ2) is 6.06. The number of carbonyl (C=O) groups is 1. The van der Waals surface area contributed by atoms with Crippen LogP contribution in [0.2, 0.25) is 0 Å². The predicted octanol–water partition coefficient (Wildman–Crippen LogP) is 4.19. The van der Waals surface area contributed by atoms with Gasteiger partial charge in [-0.1, -0.05) is 11.8 Å². The van der Waals surface area contributed by atoms with Crippen molar-refractivity contribution >= 4 is 39.2 Å². The van der Waals surface area contributed by atoms with E-state index in [1.807, 2.05) is 20.8 Å². The van der Waals surface area contributed by atoms with Gasteiger partial charge in [-0.25, -0.2) is 9.97 Å². The molecule has 0 bridgehead atoms. The zero-order chi connectivity index (χ0) is 16.8. The van der Waals surface area contributed by atoms with Crippen molar-refractivity contribution in [2.75, 3.05) is 5.75 Å². The predicted molar refractivity (Wildman–Crippen MR) is 97.5 cm³/mol. The zero-order valence-corrected chi connectivity index (χ0v) is 16.0. The summed E-state index contributed by atoms with van der Waals surface area (Å²) in [6.07, 6.45) is 2.37. The maximum Gasteiger partial charge on any atom is 0.230 e. The number of fused-ring (bicyclic) bond motifs is 1. The number of thiophene rings is 1. The Morgan fingerprint density at radius 3 is 2.61 bits per heavy atom. The van der Waals surface area contributed by atoms with Gasteiger partial charge < -0.3 is 5.32 Å². The first kappa shape index (κ1) is 16.7. The van der Waals surface area contributed by atoms with Crippen molar-refractivity contribution < 1.29 is 4.79 Å². The summed E-state index contributed by atoms with van der Waals surface area (Å²) >= 11 is 3.26. The molecule has 0 aliphatic heterocycles. The van der Waals surface area contributed by atoms with E-state index < -0.39 is 0 Å². The number of nitrogens with one attached hydrogen (secondary N) is 1. The third kappa shape index (κ3) is 3.86. The highest BCUT2D eigenvalue weighted by Gasteiger charge is 2.28. The summed E-state index contributed by atoms with van der Waals surface area (Å²) in [5.41, 5.74) is 1.04. The lowest BCUT2D eigenvalue weighted by molar-refractivity contribution is -0.119. The Morgan fingerprint density at radius 2 is 2.00 bits per heavy atom. The molecule has 0 saturated heterocycles. The normalized spacial score (nSPS) is 15.2. The van der Waals surface area contributed by atoms with Gasteiger partial charge in [0.1, 0.15) is 15.7 Å². The summed E-state index contributed by atoms with van der Waals surface area (Å²) < 4.78 is 0. The summed E-state index contributed by atoms with van der Waals surface area (Å²) in [4.78, 5) is 24.0. The van der Waals surface area contributed by atoms with Crippen LogP contribution in [-0.4, -0.2) is 27.2 Å². The number of aromatic nitrogens is 2. The highest BCUT2D eigenvalue weighted by Crippen LogP contribution is 2.42. The van der Waals surface area contributed by atoms with Gasteiger partial charge in [0.15, 0.2) is 0 Å². The molecule has 1 aliphatic carbocycles. The number of nitrogens with zero attached hydrogens (tertiary/aromatic N) is 2. The standard InChI is InChI=1S/C17H23N3OS2/c1-9-10(2)23-16-13(9)15(18-14(19-16)11-6-7-11)22-8-12(21)20-17(3,4)5/h11H,6-8H2,1-5H3,(H,20,21). The van der Waals surface area contributed by atoms with Crippen molar-refractivity contribution in [3.8, 4) is 0 Å². The third-order valence-electron chi connectivity index (χ3n) is 3.81. The molecule has 2 aromatic rings. The number of rotatable bonds is 4. The lowest BCUT2D eigenvalue weighted by Crippen LogP contribution is -2.41. The molecule has 0 atom stereocenters. The van der Waals surface area contributed by atoms with E-state index in [0.717, 1.165) is 21.1 Å². The number of hydrogen-bond acceptors (Lipinski definition) is 5. The molecule has 0 aromatic carbocycles. The molecule has 0 spiro atoms. The van der Waals surface area contributed by atoms with Gasteiger partial charge >= 0.3 is 0 Å². The van der Waals surface area contributed by atoms with Crippen LogP contribution in [0.5, 0.6) is 0 Å². The Bertz CT molecular complexity index is 757.